The van der Waals surface area contributed by atoms with E-state index in [1.165, 1.54) is 18.4 Å². The van der Waals surface area contributed by atoms with Crippen LogP contribution in [0.15, 0.2) is 41.4 Å². The monoisotopic (exact) mass is 349 g/mol. The van der Waals surface area contributed by atoms with Crippen LogP contribution in [0.5, 0.6) is 5.75 Å². The molecular formula is C16H20BrN3O. The maximum absolute atomic E-state index is 5.93. The molecule has 1 aromatic heterocycles. The highest BCUT2D eigenvalue weighted by Crippen LogP contribution is 2.30. The van der Waals surface area contributed by atoms with Crippen molar-refractivity contribution in [3.63, 3.8) is 0 Å². The second-order valence-electron chi connectivity index (χ2n) is 5.41. The van der Waals surface area contributed by atoms with Crippen LogP contribution in [0.4, 0.5) is 0 Å². The SMILES string of the molecule is Brc1ccc2c(c1)CC(CNCCCCn1ccnc1)O2. The van der Waals surface area contributed by atoms with Gasteiger partial charge in [-0.25, -0.2) is 4.98 Å². The molecule has 1 unspecified atom stereocenters. The Hall–Kier alpha value is -1.33. The molecule has 0 fully saturated rings. The Morgan fingerprint density at radius 2 is 2.33 bits per heavy atom. The van der Waals surface area contributed by atoms with Crippen LogP contribution >= 0.6 is 15.9 Å². The van der Waals surface area contributed by atoms with Gasteiger partial charge in [0.05, 0.1) is 6.33 Å². The Balaban J connectivity index is 1.30. The summed E-state index contributed by atoms with van der Waals surface area (Å²) in [6.45, 7) is 2.99. The summed E-state index contributed by atoms with van der Waals surface area (Å²) in [5, 5.41) is 3.50. The minimum atomic E-state index is 0.267. The summed E-state index contributed by atoms with van der Waals surface area (Å²) in [4.78, 5) is 4.04. The molecule has 21 heavy (non-hydrogen) atoms. The molecule has 0 spiro atoms. The van der Waals surface area contributed by atoms with Crippen LogP contribution in [0.2, 0.25) is 0 Å². The van der Waals surface area contributed by atoms with E-state index in [1.807, 2.05) is 30.9 Å². The first-order chi connectivity index (χ1) is 10.3. The lowest BCUT2D eigenvalue weighted by Gasteiger charge is -2.11. The molecule has 0 saturated heterocycles. The predicted octanol–water partition coefficient (Wildman–Crippen LogP) is 3.02. The third kappa shape index (κ3) is 4.08. The molecule has 112 valence electrons. The molecular weight excluding hydrogens is 330 g/mol. The number of ether oxygens (including phenoxy) is 1. The maximum Gasteiger partial charge on any atom is 0.123 e. The van der Waals surface area contributed by atoms with Gasteiger partial charge in [-0.15, -0.1) is 0 Å². The quantitative estimate of drug-likeness (QED) is 0.781. The first kappa shape index (κ1) is 14.6. The number of nitrogens with one attached hydrogen (secondary N) is 1. The Kier molecular flexibility index (Phi) is 4.93. The first-order valence-electron chi connectivity index (χ1n) is 7.43. The van der Waals surface area contributed by atoms with Crippen molar-refractivity contribution >= 4 is 15.9 Å². The average Bonchev–Trinajstić information content (AvgIpc) is 3.11. The highest BCUT2D eigenvalue weighted by molar-refractivity contribution is 9.10. The molecule has 5 heteroatoms. The van der Waals surface area contributed by atoms with Crippen LogP contribution in [0.25, 0.3) is 0 Å². The van der Waals surface area contributed by atoms with Gasteiger partial charge in [0.25, 0.3) is 0 Å². The van der Waals surface area contributed by atoms with Crippen molar-refractivity contribution in [2.75, 3.05) is 13.1 Å². The summed E-state index contributed by atoms with van der Waals surface area (Å²) in [6, 6.07) is 6.23. The number of hydrogen-bond acceptors (Lipinski definition) is 3. The van der Waals surface area contributed by atoms with E-state index in [9.17, 15) is 0 Å². The fraction of sp³-hybridized carbons (Fsp3) is 0.438. The third-order valence-electron chi connectivity index (χ3n) is 3.71. The lowest BCUT2D eigenvalue weighted by Crippen LogP contribution is -2.30. The van der Waals surface area contributed by atoms with Gasteiger partial charge in [0.15, 0.2) is 0 Å². The number of hydrogen-bond donors (Lipinski definition) is 1. The molecule has 1 aliphatic rings. The van der Waals surface area contributed by atoms with Gasteiger partial charge in [0.2, 0.25) is 0 Å². The second-order valence-corrected chi connectivity index (χ2v) is 6.32. The number of aryl methyl sites for hydroxylation is 1. The number of benzene rings is 1. The molecule has 2 aromatic rings. The van der Waals surface area contributed by atoms with Gasteiger partial charge in [-0.1, -0.05) is 15.9 Å². The highest BCUT2D eigenvalue weighted by atomic mass is 79.9. The van der Waals surface area contributed by atoms with E-state index >= 15 is 0 Å². The van der Waals surface area contributed by atoms with Crippen molar-refractivity contribution in [3.05, 3.63) is 47.0 Å². The Morgan fingerprint density at radius 1 is 1.38 bits per heavy atom. The Labute approximate surface area is 133 Å². The van der Waals surface area contributed by atoms with Crippen molar-refractivity contribution in [3.8, 4) is 5.75 Å². The number of nitrogens with zero attached hydrogens (tertiary/aromatic N) is 2. The second kappa shape index (κ2) is 7.09. The zero-order valence-electron chi connectivity index (χ0n) is 12.0. The molecule has 1 N–H and O–H groups in total. The number of halogens is 1. The summed E-state index contributed by atoms with van der Waals surface area (Å²) in [6.07, 6.45) is 9.31. The fourth-order valence-electron chi connectivity index (χ4n) is 2.63. The standard InChI is InChI=1S/C16H20BrN3O/c17-14-3-4-16-13(9-14)10-15(21-16)11-18-5-1-2-7-20-8-6-19-12-20/h3-4,6,8-9,12,15,18H,1-2,5,7,10-11H2. The van der Waals surface area contributed by atoms with Crippen LogP contribution < -0.4 is 10.1 Å². The summed E-state index contributed by atoms with van der Waals surface area (Å²) < 4.78 is 9.17. The van der Waals surface area contributed by atoms with E-state index < -0.39 is 0 Å². The van der Waals surface area contributed by atoms with E-state index in [-0.39, 0.29) is 6.10 Å². The smallest absolute Gasteiger partial charge is 0.123 e. The van der Waals surface area contributed by atoms with Crippen molar-refractivity contribution in [1.82, 2.24) is 14.9 Å². The van der Waals surface area contributed by atoms with Crippen molar-refractivity contribution in [2.45, 2.75) is 31.9 Å². The summed E-state index contributed by atoms with van der Waals surface area (Å²) in [5.41, 5.74) is 1.30. The minimum Gasteiger partial charge on any atom is -0.488 e. The molecule has 2 heterocycles. The average molecular weight is 350 g/mol. The molecule has 0 amide bonds. The van der Waals surface area contributed by atoms with Gasteiger partial charge in [0, 0.05) is 36.4 Å². The molecule has 1 aliphatic heterocycles. The molecule has 1 atom stereocenters. The van der Waals surface area contributed by atoms with Crippen molar-refractivity contribution in [1.29, 1.82) is 0 Å². The molecule has 0 aliphatic carbocycles. The zero-order chi connectivity index (χ0) is 14.5. The van der Waals surface area contributed by atoms with E-state index in [2.05, 4.69) is 36.9 Å². The van der Waals surface area contributed by atoms with Gasteiger partial charge in [0.1, 0.15) is 11.9 Å². The lowest BCUT2D eigenvalue weighted by atomic mass is 10.1. The Morgan fingerprint density at radius 3 is 3.19 bits per heavy atom. The molecule has 0 radical (unpaired) electrons. The van der Waals surface area contributed by atoms with E-state index in [4.69, 9.17) is 4.74 Å². The maximum atomic E-state index is 5.93. The lowest BCUT2D eigenvalue weighted by molar-refractivity contribution is 0.227. The van der Waals surface area contributed by atoms with Crippen LogP contribution in [0.3, 0.4) is 0 Å². The third-order valence-corrected chi connectivity index (χ3v) is 4.21. The highest BCUT2D eigenvalue weighted by Gasteiger charge is 2.22. The molecule has 1 aromatic carbocycles. The zero-order valence-corrected chi connectivity index (χ0v) is 13.6. The predicted molar refractivity (Wildman–Crippen MR) is 86.6 cm³/mol. The van der Waals surface area contributed by atoms with Crippen molar-refractivity contribution in [2.24, 2.45) is 0 Å². The Bertz CT molecular complexity index is 571. The number of unbranched alkanes of at least 4 members (excludes halogenated alkanes) is 1. The van der Waals surface area contributed by atoms with Crippen LogP contribution in [0.1, 0.15) is 18.4 Å². The summed E-state index contributed by atoms with van der Waals surface area (Å²) >= 11 is 3.50. The molecule has 0 saturated carbocycles. The van der Waals surface area contributed by atoms with Crippen LogP contribution in [0, 0.1) is 0 Å². The molecule has 3 rings (SSSR count). The van der Waals surface area contributed by atoms with Crippen LogP contribution in [-0.2, 0) is 13.0 Å². The van der Waals surface area contributed by atoms with Gasteiger partial charge in [-0.2, -0.15) is 0 Å². The van der Waals surface area contributed by atoms with Crippen LogP contribution in [-0.4, -0.2) is 28.7 Å². The number of aromatic nitrogens is 2. The minimum absolute atomic E-state index is 0.267. The fourth-order valence-corrected chi connectivity index (χ4v) is 3.04. The van der Waals surface area contributed by atoms with Gasteiger partial charge in [-0.05, 0) is 43.1 Å². The topological polar surface area (TPSA) is 39.1 Å². The van der Waals surface area contributed by atoms with E-state index in [0.29, 0.717) is 0 Å². The largest absolute Gasteiger partial charge is 0.488 e. The summed E-state index contributed by atoms with van der Waals surface area (Å²) in [5.74, 6) is 1.03. The summed E-state index contributed by atoms with van der Waals surface area (Å²) in [7, 11) is 0. The van der Waals surface area contributed by atoms with Gasteiger partial charge < -0.3 is 14.6 Å². The van der Waals surface area contributed by atoms with Gasteiger partial charge >= 0.3 is 0 Å². The first-order valence-corrected chi connectivity index (χ1v) is 8.22. The number of fused-ring (bicyclic) bond motifs is 1. The van der Waals surface area contributed by atoms with E-state index in [1.54, 1.807) is 0 Å². The normalized spacial score (nSPS) is 16.7. The van der Waals surface area contributed by atoms with Gasteiger partial charge in [-0.3, -0.25) is 0 Å². The number of rotatable bonds is 7. The van der Waals surface area contributed by atoms with E-state index in [0.717, 1.165) is 36.3 Å². The molecule has 0 bridgehead atoms. The molecule has 4 nitrogen and oxygen atoms in total. The number of imidazole rings is 1. The van der Waals surface area contributed by atoms with Crippen molar-refractivity contribution < 1.29 is 4.74 Å².